The first kappa shape index (κ1) is 15.2. The molecular weight excluding hydrogens is 308 g/mol. The second-order valence-electron chi connectivity index (χ2n) is 5.10. The average molecular weight is 326 g/mol. The van der Waals surface area contributed by atoms with Crippen LogP contribution in [0, 0.1) is 0 Å². The van der Waals surface area contributed by atoms with Gasteiger partial charge in [0.05, 0.1) is 19.3 Å². The van der Waals surface area contributed by atoms with Crippen molar-refractivity contribution in [2.24, 2.45) is 0 Å². The van der Waals surface area contributed by atoms with E-state index in [2.05, 4.69) is 9.97 Å². The van der Waals surface area contributed by atoms with Gasteiger partial charge in [-0.25, -0.2) is 0 Å². The van der Waals surface area contributed by atoms with Crippen molar-refractivity contribution in [3.8, 4) is 5.88 Å². The summed E-state index contributed by atoms with van der Waals surface area (Å²) in [5, 5.41) is 9.17. The van der Waals surface area contributed by atoms with Gasteiger partial charge in [-0.2, -0.15) is 9.97 Å². The molecule has 0 radical (unpaired) electrons. The largest absolute Gasteiger partial charge is 0.476 e. The SMILES string of the molecule is CCCOc1nc(N)nc2c1sc(=O)n2[C@H]1CC[C@@H](CO)O1. The van der Waals surface area contributed by atoms with Gasteiger partial charge in [0, 0.05) is 0 Å². The second kappa shape index (κ2) is 6.19. The highest BCUT2D eigenvalue weighted by atomic mass is 32.1. The zero-order valence-corrected chi connectivity index (χ0v) is 13.0. The summed E-state index contributed by atoms with van der Waals surface area (Å²) in [4.78, 5) is 20.4. The molecule has 22 heavy (non-hydrogen) atoms. The smallest absolute Gasteiger partial charge is 0.311 e. The van der Waals surface area contributed by atoms with Crippen LogP contribution < -0.4 is 15.3 Å². The van der Waals surface area contributed by atoms with Crippen LogP contribution in [0.25, 0.3) is 10.3 Å². The Morgan fingerprint density at radius 3 is 3.00 bits per heavy atom. The van der Waals surface area contributed by atoms with Crippen molar-refractivity contribution in [2.75, 3.05) is 18.9 Å². The van der Waals surface area contributed by atoms with Crippen molar-refractivity contribution in [3.63, 3.8) is 0 Å². The monoisotopic (exact) mass is 326 g/mol. The number of aliphatic hydroxyl groups is 1. The second-order valence-corrected chi connectivity index (χ2v) is 6.06. The predicted octanol–water partition coefficient (Wildman–Crippen LogP) is 0.894. The van der Waals surface area contributed by atoms with E-state index in [0.29, 0.717) is 35.7 Å². The lowest BCUT2D eigenvalue weighted by Crippen LogP contribution is -2.21. The molecule has 9 heteroatoms. The third-order valence-corrected chi connectivity index (χ3v) is 4.40. The van der Waals surface area contributed by atoms with Crippen LogP contribution in [0.15, 0.2) is 4.79 Å². The number of aliphatic hydroxyl groups excluding tert-OH is 1. The molecule has 2 atom stereocenters. The standard InChI is InChI=1S/C13H18N4O4S/c1-2-5-20-11-9-10(15-12(14)16-11)17(13(19)22-9)8-4-3-7(6-18)21-8/h7-8,18H,2-6H2,1H3,(H2,14,15,16)/t7-,8+/m0/s1. The van der Waals surface area contributed by atoms with Gasteiger partial charge in [0.1, 0.15) is 10.9 Å². The number of nitrogens with zero attached hydrogens (tertiary/aromatic N) is 3. The fourth-order valence-corrected chi connectivity index (χ4v) is 3.38. The number of hydrogen-bond acceptors (Lipinski definition) is 8. The molecule has 0 bridgehead atoms. The minimum atomic E-state index is -0.438. The zero-order chi connectivity index (χ0) is 15.7. The Kier molecular flexibility index (Phi) is 4.27. The van der Waals surface area contributed by atoms with E-state index in [9.17, 15) is 9.90 Å². The number of thiazole rings is 1. The summed E-state index contributed by atoms with van der Waals surface area (Å²) >= 11 is 1.02. The summed E-state index contributed by atoms with van der Waals surface area (Å²) in [5.41, 5.74) is 6.16. The van der Waals surface area contributed by atoms with Gasteiger partial charge in [-0.1, -0.05) is 18.3 Å². The first-order chi connectivity index (χ1) is 10.6. The van der Waals surface area contributed by atoms with Crippen molar-refractivity contribution < 1.29 is 14.6 Å². The average Bonchev–Trinajstić information content (AvgIpc) is 3.08. The van der Waals surface area contributed by atoms with Crippen LogP contribution in [0.1, 0.15) is 32.4 Å². The van der Waals surface area contributed by atoms with E-state index < -0.39 is 6.23 Å². The molecular formula is C13H18N4O4S. The highest BCUT2D eigenvalue weighted by molar-refractivity contribution is 7.16. The van der Waals surface area contributed by atoms with Crippen LogP contribution in [-0.2, 0) is 4.74 Å². The van der Waals surface area contributed by atoms with Gasteiger partial charge in [0.15, 0.2) is 5.65 Å². The molecule has 0 aliphatic carbocycles. The summed E-state index contributed by atoms with van der Waals surface area (Å²) in [6.07, 6.45) is 1.48. The van der Waals surface area contributed by atoms with E-state index in [-0.39, 0.29) is 23.5 Å². The Morgan fingerprint density at radius 2 is 2.32 bits per heavy atom. The lowest BCUT2D eigenvalue weighted by molar-refractivity contribution is -0.0214. The lowest BCUT2D eigenvalue weighted by Gasteiger charge is -2.13. The highest BCUT2D eigenvalue weighted by Crippen LogP contribution is 2.33. The molecule has 120 valence electrons. The Bertz CT molecular complexity index is 729. The fourth-order valence-electron chi connectivity index (χ4n) is 2.47. The fraction of sp³-hybridized carbons (Fsp3) is 0.615. The van der Waals surface area contributed by atoms with Crippen LogP contribution in [-0.4, -0.2) is 39.0 Å². The Morgan fingerprint density at radius 1 is 1.50 bits per heavy atom. The molecule has 1 aliphatic rings. The Hall–Kier alpha value is -1.71. The number of fused-ring (bicyclic) bond motifs is 1. The Balaban J connectivity index is 2.06. The number of nitrogens with two attached hydrogens (primary N) is 1. The maximum Gasteiger partial charge on any atom is 0.311 e. The van der Waals surface area contributed by atoms with Gasteiger partial charge in [-0.3, -0.25) is 9.36 Å². The summed E-state index contributed by atoms with van der Waals surface area (Å²) in [6.45, 7) is 2.41. The van der Waals surface area contributed by atoms with Crippen molar-refractivity contribution >= 4 is 27.6 Å². The zero-order valence-electron chi connectivity index (χ0n) is 12.2. The molecule has 0 saturated carbocycles. The maximum atomic E-state index is 12.3. The molecule has 0 spiro atoms. The molecule has 0 unspecified atom stereocenters. The number of nitrogen functional groups attached to an aromatic ring is 1. The van der Waals surface area contributed by atoms with Gasteiger partial charge in [0.2, 0.25) is 11.8 Å². The van der Waals surface area contributed by atoms with Crippen molar-refractivity contribution in [2.45, 2.75) is 38.5 Å². The van der Waals surface area contributed by atoms with Crippen molar-refractivity contribution in [1.29, 1.82) is 0 Å². The molecule has 8 nitrogen and oxygen atoms in total. The van der Waals surface area contributed by atoms with Gasteiger partial charge in [-0.05, 0) is 19.3 Å². The van der Waals surface area contributed by atoms with Crippen LogP contribution in [0.2, 0.25) is 0 Å². The summed E-state index contributed by atoms with van der Waals surface area (Å²) in [6, 6.07) is 0. The first-order valence-corrected chi connectivity index (χ1v) is 8.03. The van der Waals surface area contributed by atoms with Crippen molar-refractivity contribution in [3.05, 3.63) is 9.67 Å². The van der Waals surface area contributed by atoms with E-state index in [0.717, 1.165) is 17.8 Å². The predicted molar refractivity (Wildman–Crippen MR) is 82.1 cm³/mol. The highest BCUT2D eigenvalue weighted by Gasteiger charge is 2.30. The molecule has 3 heterocycles. The molecule has 1 saturated heterocycles. The van der Waals surface area contributed by atoms with Crippen LogP contribution >= 0.6 is 11.3 Å². The summed E-state index contributed by atoms with van der Waals surface area (Å²) < 4.78 is 13.3. The molecule has 2 aromatic heterocycles. The van der Waals surface area contributed by atoms with E-state index in [1.54, 1.807) is 0 Å². The third-order valence-electron chi connectivity index (χ3n) is 3.47. The van der Waals surface area contributed by atoms with Crippen LogP contribution in [0.4, 0.5) is 5.95 Å². The van der Waals surface area contributed by atoms with E-state index >= 15 is 0 Å². The number of rotatable bonds is 5. The van der Waals surface area contributed by atoms with E-state index in [4.69, 9.17) is 15.2 Å². The minimum absolute atomic E-state index is 0.0573. The lowest BCUT2D eigenvalue weighted by atomic mass is 10.2. The van der Waals surface area contributed by atoms with Gasteiger partial charge >= 0.3 is 4.87 Å². The Labute approximate surface area is 130 Å². The third kappa shape index (κ3) is 2.67. The van der Waals surface area contributed by atoms with Gasteiger partial charge < -0.3 is 20.3 Å². The summed E-state index contributed by atoms with van der Waals surface area (Å²) in [5.74, 6) is 0.392. The number of hydrogen-bond donors (Lipinski definition) is 2. The molecule has 1 aliphatic heterocycles. The molecule has 0 aromatic carbocycles. The normalized spacial score (nSPS) is 21.5. The number of anilines is 1. The van der Waals surface area contributed by atoms with Crippen LogP contribution in [0.3, 0.4) is 0 Å². The van der Waals surface area contributed by atoms with E-state index in [1.165, 1.54) is 4.57 Å². The quantitative estimate of drug-likeness (QED) is 0.839. The van der Waals surface area contributed by atoms with E-state index in [1.807, 2.05) is 6.92 Å². The topological polar surface area (TPSA) is 112 Å². The van der Waals surface area contributed by atoms with Crippen LogP contribution in [0.5, 0.6) is 5.88 Å². The maximum absolute atomic E-state index is 12.3. The molecule has 3 rings (SSSR count). The number of ether oxygens (including phenoxy) is 2. The van der Waals surface area contributed by atoms with Gasteiger partial charge in [0.25, 0.3) is 0 Å². The molecule has 3 N–H and O–H groups in total. The van der Waals surface area contributed by atoms with Gasteiger partial charge in [-0.15, -0.1) is 0 Å². The summed E-state index contributed by atoms with van der Waals surface area (Å²) in [7, 11) is 0. The minimum Gasteiger partial charge on any atom is -0.476 e. The number of aromatic nitrogens is 3. The molecule has 2 aromatic rings. The first-order valence-electron chi connectivity index (χ1n) is 7.21. The molecule has 1 fully saturated rings. The van der Waals surface area contributed by atoms with Crippen molar-refractivity contribution in [1.82, 2.24) is 14.5 Å². The molecule has 0 amide bonds.